The number of para-hydroxylation sites is 2. The number of nitrogens with zero attached hydrogens (tertiary/aromatic N) is 1. The molecule has 0 aromatic heterocycles. The first-order chi connectivity index (χ1) is 16.5. The van der Waals surface area contributed by atoms with E-state index in [4.69, 9.17) is 14.2 Å². The molecule has 1 fully saturated rings. The van der Waals surface area contributed by atoms with Gasteiger partial charge >= 0.3 is 0 Å². The summed E-state index contributed by atoms with van der Waals surface area (Å²) in [5.41, 5.74) is 3.41. The third-order valence-corrected chi connectivity index (χ3v) is 6.07. The van der Waals surface area contributed by atoms with Crippen LogP contribution >= 0.6 is 11.8 Å². The normalized spacial score (nSPS) is 14.6. The number of hydrogen-bond acceptors (Lipinski definition) is 6. The summed E-state index contributed by atoms with van der Waals surface area (Å²) in [6, 6.07) is 20.6. The predicted octanol–water partition coefficient (Wildman–Crippen LogP) is 6.22. The van der Waals surface area contributed by atoms with Crippen molar-refractivity contribution in [1.82, 2.24) is 0 Å². The fourth-order valence-corrected chi connectivity index (χ4v) is 4.32. The Kier molecular flexibility index (Phi) is 7.23. The number of carbonyl (C=O) groups is 2. The van der Waals surface area contributed by atoms with Crippen LogP contribution in [0.2, 0.25) is 0 Å². The first-order valence-corrected chi connectivity index (χ1v) is 11.7. The molecule has 6 nitrogen and oxygen atoms in total. The molecule has 1 aliphatic rings. The molecule has 0 saturated carbocycles. The Morgan fingerprint density at radius 1 is 0.912 bits per heavy atom. The monoisotopic (exact) mass is 475 g/mol. The van der Waals surface area contributed by atoms with Crippen LogP contribution in [0.1, 0.15) is 23.6 Å². The van der Waals surface area contributed by atoms with E-state index in [0.717, 1.165) is 27.8 Å². The summed E-state index contributed by atoms with van der Waals surface area (Å²) in [7, 11) is 1.51. The summed E-state index contributed by atoms with van der Waals surface area (Å²) in [4.78, 5) is 27.2. The van der Waals surface area contributed by atoms with Gasteiger partial charge in [-0.05, 0) is 67.1 Å². The van der Waals surface area contributed by atoms with Crippen LogP contribution in [0.15, 0.2) is 71.6 Å². The molecule has 0 atom stereocenters. The Hall–Kier alpha value is -3.71. The van der Waals surface area contributed by atoms with Crippen molar-refractivity contribution < 1.29 is 23.8 Å². The number of thioether (sulfide) groups is 1. The number of ether oxygens (including phenoxy) is 3. The molecule has 1 saturated heterocycles. The van der Waals surface area contributed by atoms with Gasteiger partial charge < -0.3 is 14.2 Å². The number of benzene rings is 3. The van der Waals surface area contributed by atoms with Crippen LogP contribution in [0.5, 0.6) is 17.2 Å². The molecule has 4 rings (SSSR count). The van der Waals surface area contributed by atoms with Gasteiger partial charge in [-0.25, -0.2) is 4.90 Å². The van der Waals surface area contributed by atoms with E-state index in [1.807, 2.05) is 56.3 Å². The number of anilines is 1. The van der Waals surface area contributed by atoms with Gasteiger partial charge in [0, 0.05) is 0 Å². The fourth-order valence-electron chi connectivity index (χ4n) is 3.49. The van der Waals surface area contributed by atoms with Crippen molar-refractivity contribution in [3.63, 3.8) is 0 Å². The van der Waals surface area contributed by atoms with Gasteiger partial charge in [-0.15, -0.1) is 0 Å². The van der Waals surface area contributed by atoms with E-state index >= 15 is 0 Å². The van der Waals surface area contributed by atoms with Gasteiger partial charge in [-0.1, -0.05) is 48.0 Å². The van der Waals surface area contributed by atoms with Gasteiger partial charge in [0.15, 0.2) is 11.5 Å². The summed E-state index contributed by atoms with van der Waals surface area (Å²) >= 11 is 0.894. The lowest BCUT2D eigenvalue weighted by molar-refractivity contribution is -0.113. The highest BCUT2D eigenvalue weighted by atomic mass is 32.2. The van der Waals surface area contributed by atoms with Crippen LogP contribution in [-0.4, -0.2) is 24.9 Å². The summed E-state index contributed by atoms with van der Waals surface area (Å²) in [6.07, 6.45) is 1.69. The van der Waals surface area contributed by atoms with Gasteiger partial charge in [-0.2, -0.15) is 0 Å². The second-order valence-corrected chi connectivity index (χ2v) is 8.60. The molecule has 174 valence electrons. The van der Waals surface area contributed by atoms with Crippen molar-refractivity contribution in [3.05, 3.63) is 88.3 Å². The zero-order valence-corrected chi connectivity index (χ0v) is 20.1. The van der Waals surface area contributed by atoms with Crippen molar-refractivity contribution in [2.24, 2.45) is 0 Å². The van der Waals surface area contributed by atoms with Crippen LogP contribution in [0, 0.1) is 6.92 Å². The minimum Gasteiger partial charge on any atom is -0.495 e. The number of amides is 2. The predicted molar refractivity (Wildman–Crippen MR) is 135 cm³/mol. The van der Waals surface area contributed by atoms with Crippen LogP contribution in [-0.2, 0) is 11.4 Å². The highest BCUT2D eigenvalue weighted by Gasteiger charge is 2.37. The van der Waals surface area contributed by atoms with E-state index in [9.17, 15) is 9.59 Å². The summed E-state index contributed by atoms with van der Waals surface area (Å²) < 4.78 is 17.1. The molecule has 0 spiro atoms. The van der Waals surface area contributed by atoms with Crippen LogP contribution in [0.3, 0.4) is 0 Å². The molecule has 7 heteroatoms. The maximum Gasteiger partial charge on any atom is 0.298 e. The summed E-state index contributed by atoms with van der Waals surface area (Å²) in [5, 5.41) is -0.371. The van der Waals surface area contributed by atoms with Crippen molar-refractivity contribution in [3.8, 4) is 17.2 Å². The largest absolute Gasteiger partial charge is 0.495 e. The Labute approximate surface area is 203 Å². The zero-order chi connectivity index (χ0) is 24.1. The number of aryl methyl sites for hydroxylation is 1. The highest BCUT2D eigenvalue weighted by Crippen LogP contribution is 2.40. The molecule has 34 heavy (non-hydrogen) atoms. The van der Waals surface area contributed by atoms with Crippen molar-refractivity contribution in [2.75, 3.05) is 18.6 Å². The Morgan fingerprint density at radius 2 is 1.68 bits per heavy atom. The molecule has 1 aliphatic heterocycles. The van der Waals surface area contributed by atoms with Gasteiger partial charge in [0.1, 0.15) is 12.4 Å². The van der Waals surface area contributed by atoms with Gasteiger partial charge in [0.25, 0.3) is 11.1 Å². The fraction of sp³-hybridized carbons (Fsp3) is 0.185. The Bertz CT molecular complexity index is 1240. The Morgan fingerprint density at radius 3 is 2.41 bits per heavy atom. The molecule has 3 aromatic carbocycles. The standard InChI is InChI=1S/C27H25NO5S/c1-4-32-24-15-20(13-14-23(24)33-17-19-11-9-18(2)10-12-19)16-25-26(29)28(27(30)34-25)21-7-5-6-8-22(21)31-3/h5-16H,4,17H2,1-3H3/b25-16-. The number of carbonyl (C=O) groups excluding carboxylic acids is 2. The highest BCUT2D eigenvalue weighted by molar-refractivity contribution is 8.19. The first-order valence-electron chi connectivity index (χ1n) is 10.9. The van der Waals surface area contributed by atoms with Crippen molar-refractivity contribution >= 4 is 34.7 Å². The molecule has 0 N–H and O–H groups in total. The van der Waals surface area contributed by atoms with Crippen LogP contribution < -0.4 is 19.1 Å². The average molecular weight is 476 g/mol. The first kappa shape index (κ1) is 23.4. The van der Waals surface area contributed by atoms with Crippen LogP contribution in [0.25, 0.3) is 6.08 Å². The van der Waals surface area contributed by atoms with Gasteiger partial charge in [0.2, 0.25) is 0 Å². The minimum absolute atomic E-state index is 0.326. The van der Waals surface area contributed by atoms with Crippen LogP contribution in [0.4, 0.5) is 10.5 Å². The lowest BCUT2D eigenvalue weighted by atomic mass is 10.1. The number of methoxy groups -OCH3 is 1. The molecular formula is C27H25NO5S. The van der Waals surface area contributed by atoms with E-state index in [1.54, 1.807) is 30.3 Å². The number of imide groups is 1. The molecular weight excluding hydrogens is 450 g/mol. The average Bonchev–Trinajstić information content (AvgIpc) is 3.12. The smallest absolute Gasteiger partial charge is 0.298 e. The third-order valence-electron chi connectivity index (χ3n) is 5.20. The van der Waals surface area contributed by atoms with Gasteiger partial charge in [-0.3, -0.25) is 9.59 Å². The molecule has 1 heterocycles. The molecule has 0 aliphatic carbocycles. The van der Waals surface area contributed by atoms with E-state index in [2.05, 4.69) is 0 Å². The van der Waals surface area contributed by atoms with Crippen molar-refractivity contribution in [2.45, 2.75) is 20.5 Å². The molecule has 0 bridgehead atoms. The molecule has 0 unspecified atom stereocenters. The lowest BCUT2D eigenvalue weighted by Gasteiger charge is -2.15. The summed E-state index contributed by atoms with van der Waals surface area (Å²) in [5.74, 6) is 1.26. The van der Waals surface area contributed by atoms with E-state index in [1.165, 1.54) is 12.7 Å². The molecule has 2 amide bonds. The number of rotatable bonds is 8. The lowest BCUT2D eigenvalue weighted by Crippen LogP contribution is -2.28. The minimum atomic E-state index is -0.392. The second-order valence-electron chi connectivity index (χ2n) is 7.60. The maximum atomic E-state index is 13.1. The van der Waals surface area contributed by atoms with E-state index in [-0.39, 0.29) is 5.24 Å². The zero-order valence-electron chi connectivity index (χ0n) is 19.2. The SMILES string of the molecule is CCOc1cc(/C=C2\SC(=O)N(c3ccccc3OC)C2=O)ccc1OCc1ccc(C)cc1. The summed E-state index contributed by atoms with van der Waals surface area (Å²) in [6.45, 7) is 4.82. The topological polar surface area (TPSA) is 65.1 Å². The molecule has 3 aromatic rings. The quantitative estimate of drug-likeness (QED) is 0.360. The maximum absolute atomic E-state index is 13.1. The third kappa shape index (κ3) is 5.10. The number of hydrogen-bond donors (Lipinski definition) is 0. The molecule has 0 radical (unpaired) electrons. The van der Waals surface area contributed by atoms with Crippen molar-refractivity contribution in [1.29, 1.82) is 0 Å². The van der Waals surface area contributed by atoms with E-state index < -0.39 is 5.91 Å². The van der Waals surface area contributed by atoms with Gasteiger partial charge in [0.05, 0.1) is 24.3 Å². The Balaban J connectivity index is 1.56. The second kappa shape index (κ2) is 10.5. The van der Waals surface area contributed by atoms with E-state index in [0.29, 0.717) is 41.1 Å².